The molecule has 21 heavy (non-hydrogen) atoms. The molecular weight excluding hydrogens is 278 g/mol. The fourth-order valence-corrected chi connectivity index (χ4v) is 1.79. The van der Waals surface area contributed by atoms with Gasteiger partial charge >= 0.3 is 0 Å². The van der Waals surface area contributed by atoms with Crippen molar-refractivity contribution in [2.45, 2.75) is 20.0 Å². The first kappa shape index (κ1) is 14.5. The van der Waals surface area contributed by atoms with Crippen molar-refractivity contribution in [3.8, 4) is 0 Å². The summed E-state index contributed by atoms with van der Waals surface area (Å²) in [6, 6.07) is 4.57. The molecule has 0 radical (unpaired) electrons. The average molecular weight is 291 g/mol. The summed E-state index contributed by atoms with van der Waals surface area (Å²) in [5, 5.41) is 13.3. The highest BCUT2D eigenvalue weighted by atomic mass is 16.6. The first-order valence-corrected chi connectivity index (χ1v) is 6.12. The minimum absolute atomic E-state index is 0.189. The summed E-state index contributed by atoms with van der Waals surface area (Å²) in [5.74, 6) is 0.138. The van der Waals surface area contributed by atoms with E-state index >= 15 is 0 Å². The Hall–Kier alpha value is -2.90. The number of nitro groups is 1. The molecule has 0 fully saturated rings. The molecule has 8 heteroatoms. The molecule has 0 unspecified atom stereocenters. The predicted octanol–water partition coefficient (Wildman–Crippen LogP) is 0.974. The molecule has 0 bridgehead atoms. The van der Waals surface area contributed by atoms with Crippen LogP contribution in [-0.4, -0.2) is 15.4 Å². The highest BCUT2D eigenvalue weighted by Gasteiger charge is 2.13. The molecule has 0 aromatic carbocycles. The molecule has 0 aliphatic carbocycles. The van der Waals surface area contributed by atoms with Crippen LogP contribution in [0, 0.1) is 17.0 Å². The Labute approximate surface area is 119 Å². The summed E-state index contributed by atoms with van der Waals surface area (Å²) in [7, 11) is 0. The van der Waals surface area contributed by atoms with Gasteiger partial charge in [-0.2, -0.15) is 0 Å². The Balaban J connectivity index is 2.09. The number of rotatable bonds is 5. The lowest BCUT2D eigenvalue weighted by atomic mass is 10.3. The maximum atomic E-state index is 11.9. The van der Waals surface area contributed by atoms with Gasteiger partial charge in [-0.15, -0.1) is 0 Å². The third-order valence-corrected chi connectivity index (χ3v) is 2.82. The Kier molecular flexibility index (Phi) is 4.17. The van der Waals surface area contributed by atoms with Crippen LogP contribution in [0.4, 0.5) is 5.69 Å². The number of carbonyl (C=O) groups excluding carboxylic acids is 1. The molecule has 2 aromatic heterocycles. The van der Waals surface area contributed by atoms with Crippen molar-refractivity contribution in [2.75, 3.05) is 0 Å². The zero-order chi connectivity index (χ0) is 15.4. The normalized spacial score (nSPS) is 10.3. The standard InChI is InChI=1S/C13H13N3O5/c1-9-5-10(16(19)20)7-15(13(9)18)8-12(17)14-6-11-3-2-4-21-11/h2-5,7H,6,8H2,1H3,(H,14,17). The molecule has 0 aliphatic rings. The van der Waals surface area contributed by atoms with Crippen molar-refractivity contribution in [2.24, 2.45) is 0 Å². The van der Waals surface area contributed by atoms with Gasteiger partial charge in [0.15, 0.2) is 0 Å². The molecule has 0 aliphatic heterocycles. The number of hydrogen-bond donors (Lipinski definition) is 1. The van der Waals surface area contributed by atoms with Crippen LogP contribution in [0.15, 0.2) is 39.9 Å². The van der Waals surface area contributed by atoms with Gasteiger partial charge in [-0.3, -0.25) is 24.3 Å². The van der Waals surface area contributed by atoms with Crippen LogP contribution in [0.1, 0.15) is 11.3 Å². The first-order chi connectivity index (χ1) is 9.97. The van der Waals surface area contributed by atoms with Crippen LogP contribution < -0.4 is 10.9 Å². The summed E-state index contributed by atoms with van der Waals surface area (Å²) < 4.78 is 6.07. The minimum atomic E-state index is -0.607. The number of furan rings is 1. The van der Waals surface area contributed by atoms with Crippen LogP contribution in [0.25, 0.3) is 0 Å². The van der Waals surface area contributed by atoms with E-state index < -0.39 is 16.4 Å². The number of carbonyl (C=O) groups is 1. The lowest BCUT2D eigenvalue weighted by Crippen LogP contribution is -2.32. The van der Waals surface area contributed by atoms with E-state index in [1.165, 1.54) is 19.3 Å². The molecule has 1 N–H and O–H groups in total. The van der Waals surface area contributed by atoms with Crippen molar-refractivity contribution in [3.63, 3.8) is 0 Å². The number of nitrogens with one attached hydrogen (secondary N) is 1. The van der Waals surface area contributed by atoms with E-state index in [4.69, 9.17) is 4.42 Å². The number of nitrogens with zero attached hydrogens (tertiary/aromatic N) is 2. The number of pyridine rings is 1. The molecule has 0 spiro atoms. The van der Waals surface area contributed by atoms with Crippen molar-refractivity contribution in [1.29, 1.82) is 0 Å². The van der Waals surface area contributed by atoms with Gasteiger partial charge in [0.25, 0.3) is 11.2 Å². The van der Waals surface area contributed by atoms with E-state index in [-0.39, 0.29) is 24.3 Å². The largest absolute Gasteiger partial charge is 0.467 e. The van der Waals surface area contributed by atoms with Crippen LogP contribution in [0.2, 0.25) is 0 Å². The van der Waals surface area contributed by atoms with Crippen LogP contribution in [0.5, 0.6) is 0 Å². The topological polar surface area (TPSA) is 107 Å². The molecular formula is C13H13N3O5. The Morgan fingerprint density at radius 1 is 1.52 bits per heavy atom. The zero-order valence-corrected chi connectivity index (χ0v) is 11.2. The molecule has 110 valence electrons. The third-order valence-electron chi connectivity index (χ3n) is 2.82. The molecule has 0 saturated heterocycles. The number of amides is 1. The molecule has 2 heterocycles. The smallest absolute Gasteiger partial charge is 0.286 e. The minimum Gasteiger partial charge on any atom is -0.467 e. The van der Waals surface area contributed by atoms with Gasteiger partial charge < -0.3 is 9.73 Å². The van der Waals surface area contributed by atoms with Gasteiger partial charge in [-0.1, -0.05) is 0 Å². The molecule has 0 saturated carbocycles. The monoisotopic (exact) mass is 291 g/mol. The number of aromatic nitrogens is 1. The molecule has 2 rings (SSSR count). The molecule has 8 nitrogen and oxygen atoms in total. The third kappa shape index (κ3) is 3.56. The SMILES string of the molecule is Cc1cc([N+](=O)[O-])cn(CC(=O)NCc2ccco2)c1=O. The number of hydrogen-bond acceptors (Lipinski definition) is 5. The zero-order valence-electron chi connectivity index (χ0n) is 11.2. The van der Waals surface area contributed by atoms with Crippen LogP contribution in [0.3, 0.4) is 0 Å². The Morgan fingerprint density at radius 2 is 2.29 bits per heavy atom. The van der Waals surface area contributed by atoms with E-state index in [2.05, 4.69) is 5.32 Å². The second kappa shape index (κ2) is 6.04. The predicted molar refractivity (Wildman–Crippen MR) is 72.6 cm³/mol. The van der Waals surface area contributed by atoms with E-state index in [9.17, 15) is 19.7 Å². The van der Waals surface area contributed by atoms with Gasteiger partial charge in [0, 0.05) is 11.6 Å². The fraction of sp³-hybridized carbons (Fsp3) is 0.231. The first-order valence-electron chi connectivity index (χ1n) is 6.12. The van der Waals surface area contributed by atoms with E-state index in [0.717, 1.165) is 10.8 Å². The van der Waals surface area contributed by atoms with Crippen molar-refractivity contribution < 1.29 is 14.1 Å². The second-order valence-corrected chi connectivity index (χ2v) is 4.43. The van der Waals surface area contributed by atoms with E-state index in [0.29, 0.717) is 5.76 Å². The molecule has 1 amide bonds. The molecule has 0 atom stereocenters. The van der Waals surface area contributed by atoms with E-state index in [1.807, 2.05) is 0 Å². The van der Waals surface area contributed by atoms with Crippen molar-refractivity contribution in [1.82, 2.24) is 9.88 Å². The van der Waals surface area contributed by atoms with Gasteiger partial charge in [0.1, 0.15) is 12.3 Å². The summed E-state index contributed by atoms with van der Waals surface area (Å²) >= 11 is 0. The van der Waals surface area contributed by atoms with E-state index in [1.54, 1.807) is 12.1 Å². The maximum absolute atomic E-state index is 11.9. The summed E-state index contributed by atoms with van der Waals surface area (Å²) in [6.45, 7) is 1.36. The summed E-state index contributed by atoms with van der Waals surface area (Å²) in [6.07, 6.45) is 2.54. The van der Waals surface area contributed by atoms with Crippen molar-refractivity contribution >= 4 is 11.6 Å². The van der Waals surface area contributed by atoms with Crippen LogP contribution in [-0.2, 0) is 17.9 Å². The Morgan fingerprint density at radius 3 is 2.90 bits per heavy atom. The van der Waals surface area contributed by atoms with Gasteiger partial charge in [0.2, 0.25) is 5.91 Å². The fourth-order valence-electron chi connectivity index (χ4n) is 1.79. The summed E-state index contributed by atoms with van der Waals surface area (Å²) in [4.78, 5) is 33.8. The summed E-state index contributed by atoms with van der Waals surface area (Å²) in [5.41, 5.74) is -0.456. The van der Waals surface area contributed by atoms with Crippen LogP contribution >= 0.6 is 0 Å². The Bertz CT molecular complexity index is 718. The van der Waals surface area contributed by atoms with Crippen molar-refractivity contribution in [3.05, 3.63) is 62.5 Å². The highest BCUT2D eigenvalue weighted by molar-refractivity contribution is 5.75. The second-order valence-electron chi connectivity index (χ2n) is 4.43. The highest BCUT2D eigenvalue weighted by Crippen LogP contribution is 2.09. The van der Waals surface area contributed by atoms with Gasteiger partial charge in [-0.25, -0.2) is 0 Å². The number of aryl methyl sites for hydroxylation is 1. The van der Waals surface area contributed by atoms with Gasteiger partial charge in [-0.05, 0) is 19.1 Å². The molecule has 2 aromatic rings. The lowest BCUT2D eigenvalue weighted by Gasteiger charge is -2.07. The van der Waals surface area contributed by atoms with Gasteiger partial charge in [0.05, 0.1) is 23.9 Å². The lowest BCUT2D eigenvalue weighted by molar-refractivity contribution is -0.385. The quantitative estimate of drug-likeness (QED) is 0.652. The maximum Gasteiger partial charge on any atom is 0.286 e. The average Bonchev–Trinajstić information content (AvgIpc) is 2.94.